The van der Waals surface area contributed by atoms with E-state index in [-0.39, 0.29) is 29.6 Å². The van der Waals surface area contributed by atoms with Crippen LogP contribution >= 0.6 is 12.1 Å². The number of piperidine rings is 1. The number of carbonyl (C=O) groups is 2. The van der Waals surface area contributed by atoms with Crippen LogP contribution in [-0.4, -0.2) is 43.1 Å². The molecule has 3 aromatic rings. The topological polar surface area (TPSA) is 107 Å². The van der Waals surface area contributed by atoms with Crippen LogP contribution in [0.4, 0.5) is 21.1 Å². The molecule has 47 heavy (non-hydrogen) atoms. The maximum Gasteiger partial charge on any atom is 0.324 e. The van der Waals surface area contributed by atoms with Gasteiger partial charge < -0.3 is 20.3 Å². The number of nitrogens with one attached hydrogen (secondary N) is 4. The first-order valence-corrected chi connectivity index (χ1v) is 17.1. The second-order valence-electron chi connectivity index (χ2n) is 13.9. The minimum Gasteiger partial charge on any atom is -0.319 e. The zero-order chi connectivity index (χ0) is 32.7. The molecule has 0 saturated carbocycles. The molecule has 0 spiro atoms. The maximum atomic E-state index is 13.4. The van der Waals surface area contributed by atoms with Crippen molar-refractivity contribution in [1.29, 1.82) is 0 Å². The highest BCUT2D eigenvalue weighted by molar-refractivity contribution is 7.95. The van der Waals surface area contributed by atoms with Gasteiger partial charge in [-0.1, -0.05) is 50.6 Å². The molecule has 4 N–H and O–H groups in total. The molecule has 1 aromatic heterocycles. The maximum absolute atomic E-state index is 13.4. The SMILES string of the molecule is Cc1ccc(-n2nc(C(C)(C)C)cc2NC(=O)Nc2ccc(CC3CC4CCC(C3)N4C(=O)NC3=CC=CN4SNC=C34)cc2)cc1. The van der Waals surface area contributed by atoms with Crippen LogP contribution in [0.15, 0.2) is 90.5 Å². The molecule has 2 atom stereocenters. The Morgan fingerprint density at radius 2 is 1.70 bits per heavy atom. The van der Waals surface area contributed by atoms with Gasteiger partial charge in [-0.3, -0.25) is 9.62 Å². The highest BCUT2D eigenvalue weighted by atomic mass is 32.2. The van der Waals surface area contributed by atoms with Crippen molar-refractivity contribution in [2.75, 3.05) is 10.6 Å². The summed E-state index contributed by atoms with van der Waals surface area (Å²) < 4.78 is 6.93. The van der Waals surface area contributed by atoms with Gasteiger partial charge in [0.05, 0.1) is 34.9 Å². The molecular weight excluding hydrogens is 609 g/mol. The molecule has 2 fully saturated rings. The Kier molecular flexibility index (Phi) is 8.25. The summed E-state index contributed by atoms with van der Waals surface area (Å²) in [5, 5.41) is 14.0. The third-order valence-corrected chi connectivity index (χ3v) is 10.1. The van der Waals surface area contributed by atoms with Crippen molar-refractivity contribution in [3.8, 4) is 5.69 Å². The van der Waals surface area contributed by atoms with E-state index in [2.05, 4.69) is 58.5 Å². The third-order valence-electron chi connectivity index (χ3n) is 9.39. The molecule has 4 amide bonds. The van der Waals surface area contributed by atoms with E-state index >= 15 is 0 Å². The lowest BCUT2D eigenvalue weighted by Crippen LogP contribution is -2.51. The summed E-state index contributed by atoms with van der Waals surface area (Å²) in [5.74, 6) is 1.13. The van der Waals surface area contributed by atoms with Gasteiger partial charge in [0.15, 0.2) is 0 Å². The minimum absolute atomic E-state index is 0.000463. The Balaban J connectivity index is 0.946. The van der Waals surface area contributed by atoms with Gasteiger partial charge in [-0.2, -0.15) is 5.10 Å². The van der Waals surface area contributed by atoms with E-state index in [1.54, 1.807) is 4.68 Å². The van der Waals surface area contributed by atoms with Crippen LogP contribution in [0.5, 0.6) is 0 Å². The summed E-state index contributed by atoms with van der Waals surface area (Å²) in [6, 6.07) is 18.3. The lowest BCUT2D eigenvalue weighted by molar-refractivity contribution is 0.123. The number of allylic oxidation sites excluding steroid dienone is 2. The van der Waals surface area contributed by atoms with Gasteiger partial charge in [-0.25, -0.2) is 14.3 Å². The number of fused-ring (bicyclic) bond motifs is 3. The number of anilines is 2. The van der Waals surface area contributed by atoms with Gasteiger partial charge in [0.25, 0.3) is 0 Å². The minimum atomic E-state index is -0.319. The normalized spacial score (nSPS) is 21.5. The molecule has 0 aliphatic carbocycles. The smallest absolute Gasteiger partial charge is 0.319 e. The Morgan fingerprint density at radius 3 is 2.40 bits per heavy atom. The summed E-state index contributed by atoms with van der Waals surface area (Å²) in [5.41, 5.74) is 6.53. The average molecular weight is 651 g/mol. The van der Waals surface area contributed by atoms with Gasteiger partial charge in [0.1, 0.15) is 5.82 Å². The van der Waals surface area contributed by atoms with Crippen LogP contribution in [0.3, 0.4) is 0 Å². The van der Waals surface area contributed by atoms with Gasteiger partial charge >= 0.3 is 12.1 Å². The van der Waals surface area contributed by atoms with Gasteiger partial charge in [-0.05, 0) is 86.9 Å². The molecule has 2 aromatic carbocycles. The first kappa shape index (κ1) is 31.0. The van der Waals surface area contributed by atoms with Crippen molar-refractivity contribution in [3.63, 3.8) is 0 Å². The van der Waals surface area contributed by atoms with E-state index in [0.717, 1.165) is 66.1 Å². The van der Waals surface area contributed by atoms with Crippen molar-refractivity contribution in [2.45, 2.75) is 77.3 Å². The molecular formula is C36H42N8O2S. The molecule has 7 rings (SSSR count). The van der Waals surface area contributed by atoms with Crippen molar-refractivity contribution in [3.05, 3.63) is 107 Å². The second kappa shape index (κ2) is 12.5. The number of urea groups is 2. The third kappa shape index (κ3) is 6.62. The zero-order valence-corrected chi connectivity index (χ0v) is 28.1. The van der Waals surface area contributed by atoms with Gasteiger partial charge in [-0.15, -0.1) is 0 Å². The molecule has 11 heteroatoms. The molecule has 244 valence electrons. The number of benzene rings is 2. The average Bonchev–Trinajstić information content (AvgIpc) is 3.75. The fraction of sp³-hybridized carbons (Fsp3) is 0.361. The fourth-order valence-electron chi connectivity index (χ4n) is 6.99. The Bertz CT molecular complexity index is 1740. The zero-order valence-electron chi connectivity index (χ0n) is 27.3. The quantitative estimate of drug-likeness (QED) is 0.208. The predicted octanol–water partition coefficient (Wildman–Crippen LogP) is 7.34. The largest absolute Gasteiger partial charge is 0.324 e. The van der Waals surface area contributed by atoms with E-state index in [9.17, 15) is 9.59 Å². The number of carbonyl (C=O) groups excluding carboxylic acids is 2. The molecule has 0 radical (unpaired) electrons. The van der Waals surface area contributed by atoms with Crippen molar-refractivity contribution in [1.82, 2.24) is 29.0 Å². The van der Waals surface area contributed by atoms with Crippen LogP contribution in [0.1, 0.15) is 63.3 Å². The summed E-state index contributed by atoms with van der Waals surface area (Å²) >= 11 is 1.48. The monoisotopic (exact) mass is 650 g/mol. The molecule has 5 heterocycles. The van der Waals surface area contributed by atoms with Crippen molar-refractivity contribution >= 4 is 35.7 Å². The lowest BCUT2D eigenvalue weighted by atomic mass is 9.86. The highest BCUT2D eigenvalue weighted by Gasteiger charge is 2.43. The number of amides is 4. The Morgan fingerprint density at radius 1 is 0.979 bits per heavy atom. The van der Waals surface area contributed by atoms with Crippen molar-refractivity contribution < 1.29 is 9.59 Å². The summed E-state index contributed by atoms with van der Waals surface area (Å²) in [7, 11) is 0. The number of hydrogen-bond donors (Lipinski definition) is 4. The fourth-order valence-corrected chi connectivity index (χ4v) is 7.65. The van der Waals surface area contributed by atoms with Crippen LogP contribution < -0.4 is 20.7 Å². The molecule has 10 nitrogen and oxygen atoms in total. The molecule has 2 bridgehead atoms. The number of nitrogens with zero attached hydrogens (tertiary/aromatic N) is 4. The standard InChI is InChI=1S/C36H42N8O2S/c1-23-7-13-27(14-8-23)44-33(21-32(41-44)36(2,3)4)40-34(45)38-26-11-9-24(10-12-26)18-25-19-28-15-16-29(20-25)43(28)35(46)39-30-6-5-17-42-31(30)22-37-47-42/h5-14,17,21-22,25,28-29,37H,15-16,18-20H2,1-4H3,(H,39,46)(H2,38,40,45). The van der Waals surface area contributed by atoms with E-state index in [1.165, 1.54) is 17.7 Å². The summed E-state index contributed by atoms with van der Waals surface area (Å²) in [6.45, 7) is 8.37. The van der Waals surface area contributed by atoms with Gasteiger partial charge in [0, 0.05) is 41.7 Å². The first-order chi connectivity index (χ1) is 22.6. The van der Waals surface area contributed by atoms with Crippen LogP contribution in [-0.2, 0) is 11.8 Å². The molecule has 2 saturated heterocycles. The highest BCUT2D eigenvalue weighted by Crippen LogP contribution is 2.40. The molecule has 4 aliphatic heterocycles. The van der Waals surface area contributed by atoms with E-state index in [4.69, 9.17) is 5.10 Å². The van der Waals surface area contributed by atoms with E-state index < -0.39 is 0 Å². The number of aryl methyl sites for hydroxylation is 1. The number of hydrogen-bond acceptors (Lipinski definition) is 6. The lowest BCUT2D eigenvalue weighted by Gasteiger charge is -2.39. The van der Waals surface area contributed by atoms with Crippen LogP contribution in [0, 0.1) is 12.8 Å². The van der Waals surface area contributed by atoms with Crippen LogP contribution in [0.2, 0.25) is 0 Å². The van der Waals surface area contributed by atoms with E-state index in [0.29, 0.717) is 11.7 Å². The Labute approximate surface area is 280 Å². The van der Waals surface area contributed by atoms with Gasteiger partial charge in [0.2, 0.25) is 0 Å². The van der Waals surface area contributed by atoms with E-state index in [1.807, 2.05) is 78.2 Å². The van der Waals surface area contributed by atoms with Crippen LogP contribution in [0.25, 0.3) is 5.69 Å². The predicted molar refractivity (Wildman–Crippen MR) is 188 cm³/mol. The first-order valence-electron chi connectivity index (χ1n) is 16.4. The molecule has 4 aliphatic rings. The summed E-state index contributed by atoms with van der Waals surface area (Å²) in [6.07, 6.45) is 12.9. The Hall–Kier alpha value is -4.64. The summed E-state index contributed by atoms with van der Waals surface area (Å²) in [4.78, 5) is 28.6. The molecule has 2 unspecified atom stereocenters. The number of rotatable bonds is 6. The van der Waals surface area contributed by atoms with Crippen molar-refractivity contribution in [2.24, 2.45) is 5.92 Å². The second-order valence-corrected chi connectivity index (χ2v) is 14.8. The number of aromatic nitrogens is 2.